The molecule has 0 bridgehead atoms. The molecule has 0 saturated carbocycles. The van der Waals surface area contributed by atoms with Gasteiger partial charge in [0, 0.05) is 18.9 Å². The van der Waals surface area contributed by atoms with Gasteiger partial charge >= 0.3 is 0 Å². The molecular formula is C10H12N4O3S. The van der Waals surface area contributed by atoms with E-state index in [-0.39, 0.29) is 16.6 Å². The standard InChI is InChI=1S/C10H12N4O3S/c1-7-3-4-8(15)10(12-7)13-18(16,17)9-5-14(2)6-11-9/h3-6,15H,1-2H3,(H,12,13). The number of nitrogens with zero attached hydrogens (tertiary/aromatic N) is 3. The van der Waals surface area contributed by atoms with Crippen molar-refractivity contribution < 1.29 is 13.5 Å². The van der Waals surface area contributed by atoms with Crippen molar-refractivity contribution in [1.82, 2.24) is 14.5 Å². The van der Waals surface area contributed by atoms with Gasteiger partial charge in [0.15, 0.2) is 16.6 Å². The van der Waals surface area contributed by atoms with Crippen molar-refractivity contribution in [1.29, 1.82) is 0 Å². The van der Waals surface area contributed by atoms with Gasteiger partial charge in [0.25, 0.3) is 10.0 Å². The van der Waals surface area contributed by atoms with E-state index in [0.717, 1.165) is 0 Å². The molecule has 0 fully saturated rings. The Kier molecular flexibility index (Phi) is 2.95. The Morgan fingerprint density at radius 2 is 2.11 bits per heavy atom. The van der Waals surface area contributed by atoms with Gasteiger partial charge in [-0.1, -0.05) is 0 Å². The van der Waals surface area contributed by atoms with Crippen molar-refractivity contribution in [2.75, 3.05) is 4.72 Å². The van der Waals surface area contributed by atoms with Gasteiger partial charge in [0.05, 0.1) is 6.33 Å². The van der Waals surface area contributed by atoms with E-state index in [9.17, 15) is 13.5 Å². The fourth-order valence-electron chi connectivity index (χ4n) is 1.33. The maximum atomic E-state index is 11.9. The SMILES string of the molecule is Cc1ccc(O)c(NS(=O)(=O)c2cn(C)cn2)n1. The molecule has 0 saturated heterocycles. The number of rotatable bonds is 3. The molecule has 96 valence electrons. The molecule has 0 unspecified atom stereocenters. The number of nitrogens with one attached hydrogen (secondary N) is 1. The summed E-state index contributed by atoms with van der Waals surface area (Å²) in [6.45, 7) is 1.69. The number of aryl methyl sites for hydroxylation is 2. The molecule has 0 aromatic carbocycles. The van der Waals surface area contributed by atoms with Gasteiger partial charge in [-0.15, -0.1) is 0 Å². The molecule has 2 N–H and O–H groups in total. The Balaban J connectivity index is 2.36. The number of pyridine rings is 1. The Morgan fingerprint density at radius 1 is 1.39 bits per heavy atom. The molecule has 2 heterocycles. The van der Waals surface area contributed by atoms with Crippen LogP contribution in [-0.4, -0.2) is 28.1 Å². The van der Waals surface area contributed by atoms with E-state index in [1.165, 1.54) is 23.2 Å². The summed E-state index contributed by atoms with van der Waals surface area (Å²) < 4.78 is 27.6. The second-order valence-corrected chi connectivity index (χ2v) is 5.43. The molecule has 0 amide bonds. The lowest BCUT2D eigenvalue weighted by molar-refractivity contribution is 0.475. The maximum absolute atomic E-state index is 11.9. The molecule has 0 aliphatic carbocycles. The number of imidazole rings is 1. The summed E-state index contributed by atoms with van der Waals surface area (Å²) in [6, 6.07) is 2.95. The Hall–Kier alpha value is -2.09. The van der Waals surface area contributed by atoms with Crippen molar-refractivity contribution in [3.63, 3.8) is 0 Å². The van der Waals surface area contributed by atoms with Crippen LogP contribution in [0.3, 0.4) is 0 Å². The van der Waals surface area contributed by atoms with Crippen LogP contribution in [0.4, 0.5) is 5.82 Å². The van der Waals surface area contributed by atoms with Crippen LogP contribution in [0.1, 0.15) is 5.69 Å². The lowest BCUT2D eigenvalue weighted by Crippen LogP contribution is -2.14. The lowest BCUT2D eigenvalue weighted by atomic mass is 10.3. The predicted molar refractivity (Wildman–Crippen MR) is 64.7 cm³/mol. The van der Waals surface area contributed by atoms with Crippen molar-refractivity contribution in [3.8, 4) is 5.75 Å². The Bertz CT molecular complexity index is 678. The summed E-state index contributed by atoms with van der Waals surface area (Å²) >= 11 is 0. The second-order valence-electron chi connectivity index (χ2n) is 3.80. The van der Waals surface area contributed by atoms with E-state index >= 15 is 0 Å². The van der Waals surface area contributed by atoms with Gasteiger partial charge in [-0.05, 0) is 19.1 Å². The summed E-state index contributed by atoms with van der Waals surface area (Å²) in [7, 11) is -2.18. The van der Waals surface area contributed by atoms with Crippen LogP contribution < -0.4 is 4.72 Å². The van der Waals surface area contributed by atoms with E-state index in [1.54, 1.807) is 20.0 Å². The van der Waals surface area contributed by atoms with Gasteiger partial charge in [-0.25, -0.2) is 9.97 Å². The molecule has 18 heavy (non-hydrogen) atoms. The van der Waals surface area contributed by atoms with Crippen LogP contribution in [0.25, 0.3) is 0 Å². The molecule has 7 nitrogen and oxygen atoms in total. The third kappa shape index (κ3) is 2.43. The average Bonchev–Trinajstić information content (AvgIpc) is 2.71. The number of aromatic hydroxyl groups is 1. The minimum atomic E-state index is -3.84. The fraction of sp³-hybridized carbons (Fsp3) is 0.200. The van der Waals surface area contributed by atoms with Gasteiger partial charge in [0.1, 0.15) is 0 Å². The zero-order chi connectivity index (χ0) is 13.3. The maximum Gasteiger partial charge on any atom is 0.282 e. The molecule has 8 heteroatoms. The van der Waals surface area contributed by atoms with Gasteiger partial charge in [0.2, 0.25) is 0 Å². The number of hydrogen-bond donors (Lipinski definition) is 2. The molecule has 2 aromatic rings. The first kappa shape index (κ1) is 12.4. The number of sulfonamides is 1. The highest BCUT2D eigenvalue weighted by molar-refractivity contribution is 7.92. The zero-order valence-corrected chi connectivity index (χ0v) is 10.6. The quantitative estimate of drug-likeness (QED) is 0.851. The highest BCUT2D eigenvalue weighted by Crippen LogP contribution is 2.22. The van der Waals surface area contributed by atoms with Crippen LogP contribution in [0.2, 0.25) is 0 Å². The largest absolute Gasteiger partial charge is 0.504 e. The predicted octanol–water partition coefficient (Wildman–Crippen LogP) is 0.630. The molecule has 0 aliphatic rings. The molecule has 2 rings (SSSR count). The molecule has 0 radical (unpaired) electrons. The summed E-state index contributed by atoms with van der Waals surface area (Å²) in [5, 5.41) is 9.40. The first-order valence-electron chi connectivity index (χ1n) is 5.06. The van der Waals surface area contributed by atoms with Crippen molar-refractivity contribution in [3.05, 3.63) is 30.4 Å². The van der Waals surface area contributed by atoms with Gasteiger partial charge < -0.3 is 9.67 Å². The second kappa shape index (κ2) is 4.30. The Labute approximate surface area is 104 Å². The summed E-state index contributed by atoms with van der Waals surface area (Å²) in [6.07, 6.45) is 2.73. The minimum absolute atomic E-state index is 0.111. The van der Waals surface area contributed by atoms with Crippen molar-refractivity contribution in [2.24, 2.45) is 7.05 Å². The number of aromatic nitrogens is 3. The van der Waals surface area contributed by atoms with E-state index in [0.29, 0.717) is 5.69 Å². The number of hydrogen-bond acceptors (Lipinski definition) is 5. The van der Waals surface area contributed by atoms with E-state index in [1.807, 2.05) is 0 Å². The van der Waals surface area contributed by atoms with Gasteiger partial charge in [-0.2, -0.15) is 8.42 Å². The number of anilines is 1. The summed E-state index contributed by atoms with van der Waals surface area (Å²) in [4.78, 5) is 7.65. The Morgan fingerprint density at radius 3 is 2.72 bits per heavy atom. The zero-order valence-electron chi connectivity index (χ0n) is 9.82. The third-order valence-electron chi connectivity index (χ3n) is 2.20. The smallest absolute Gasteiger partial charge is 0.282 e. The van der Waals surface area contributed by atoms with E-state index in [2.05, 4.69) is 14.7 Å². The van der Waals surface area contributed by atoms with Crippen molar-refractivity contribution in [2.45, 2.75) is 11.9 Å². The summed E-state index contributed by atoms with van der Waals surface area (Å²) in [5.41, 5.74) is 0.589. The van der Waals surface area contributed by atoms with E-state index < -0.39 is 10.0 Å². The lowest BCUT2D eigenvalue weighted by Gasteiger charge is -2.07. The van der Waals surface area contributed by atoms with Gasteiger partial charge in [-0.3, -0.25) is 4.72 Å². The molecular weight excluding hydrogens is 256 g/mol. The topological polar surface area (TPSA) is 97.1 Å². The normalized spacial score (nSPS) is 11.4. The minimum Gasteiger partial charge on any atom is -0.504 e. The van der Waals surface area contributed by atoms with Crippen LogP contribution in [0, 0.1) is 6.92 Å². The van der Waals surface area contributed by atoms with Crippen LogP contribution >= 0.6 is 0 Å². The molecule has 2 aromatic heterocycles. The van der Waals surface area contributed by atoms with Crippen LogP contribution in [-0.2, 0) is 17.1 Å². The summed E-state index contributed by atoms with van der Waals surface area (Å²) in [5.74, 6) is -0.347. The highest BCUT2D eigenvalue weighted by Gasteiger charge is 2.19. The molecule has 0 spiro atoms. The van der Waals surface area contributed by atoms with Crippen LogP contribution in [0.5, 0.6) is 5.75 Å². The first-order valence-corrected chi connectivity index (χ1v) is 6.54. The first-order chi connectivity index (χ1) is 8.38. The third-order valence-corrected chi connectivity index (χ3v) is 3.42. The fourth-order valence-corrected chi connectivity index (χ4v) is 2.33. The van der Waals surface area contributed by atoms with Crippen LogP contribution in [0.15, 0.2) is 29.7 Å². The average molecular weight is 268 g/mol. The molecule has 0 aliphatic heterocycles. The van der Waals surface area contributed by atoms with E-state index in [4.69, 9.17) is 0 Å². The monoisotopic (exact) mass is 268 g/mol. The van der Waals surface area contributed by atoms with Crippen molar-refractivity contribution >= 4 is 15.8 Å². The molecule has 0 atom stereocenters. The highest BCUT2D eigenvalue weighted by atomic mass is 32.2.